The molecule has 0 radical (unpaired) electrons. The fourth-order valence-electron chi connectivity index (χ4n) is 1.34. The fourth-order valence-corrected chi connectivity index (χ4v) is 1.34. The van der Waals surface area contributed by atoms with Crippen LogP contribution in [0, 0.1) is 0 Å². The van der Waals surface area contributed by atoms with Crippen molar-refractivity contribution in [2.24, 2.45) is 0 Å². The van der Waals surface area contributed by atoms with Crippen molar-refractivity contribution in [2.75, 3.05) is 19.6 Å². The van der Waals surface area contributed by atoms with Gasteiger partial charge in [0.15, 0.2) is 0 Å². The van der Waals surface area contributed by atoms with Crippen LogP contribution in [0.25, 0.3) is 0 Å². The second kappa shape index (κ2) is 9.68. The summed E-state index contributed by atoms with van der Waals surface area (Å²) < 4.78 is 0. The Morgan fingerprint density at radius 2 is 1.07 bits per heavy atom. The van der Waals surface area contributed by atoms with Crippen LogP contribution in [0.1, 0.15) is 22.2 Å². The summed E-state index contributed by atoms with van der Waals surface area (Å²) in [4.78, 5) is 1.85. The van der Waals surface area contributed by atoms with Gasteiger partial charge in [-0.15, -0.1) is 0 Å². The molecular weight excluding hydrogens is 209 g/mol. The van der Waals surface area contributed by atoms with Gasteiger partial charge in [0.2, 0.25) is 0 Å². The van der Waals surface area contributed by atoms with E-state index in [1.54, 1.807) is 20.8 Å². The van der Waals surface area contributed by atoms with Gasteiger partial charge in [-0.2, -0.15) is 0 Å². The molecule has 0 aromatic heterocycles. The van der Waals surface area contributed by atoms with Crippen molar-refractivity contribution in [2.45, 2.75) is 39.1 Å². The van der Waals surface area contributed by atoms with Crippen LogP contribution in [0.5, 0.6) is 0 Å². The number of rotatable bonds is 6. The molecule has 4 nitrogen and oxygen atoms in total. The van der Waals surface area contributed by atoms with Crippen molar-refractivity contribution in [3.63, 3.8) is 0 Å². The maximum absolute atomic E-state index is 9.14. The molecule has 0 aliphatic rings. The van der Waals surface area contributed by atoms with Gasteiger partial charge in [0.1, 0.15) is 0 Å². The molecule has 82 valence electrons. The fraction of sp³-hybridized carbons (Fsp3) is 1.00. The first-order valence-corrected chi connectivity index (χ1v) is 4.68. The Kier molecular flexibility index (Phi) is 12.4. The smallest absolute Gasteiger partial charge is 1.00 e. The Balaban J connectivity index is -0.000000720. The van der Waals surface area contributed by atoms with E-state index in [0.717, 1.165) is 0 Å². The molecule has 0 saturated heterocycles. The van der Waals surface area contributed by atoms with Crippen molar-refractivity contribution in [3.05, 3.63) is 0 Å². The zero-order chi connectivity index (χ0) is 10.4. The first-order chi connectivity index (χ1) is 5.91. The van der Waals surface area contributed by atoms with E-state index in [9.17, 15) is 0 Å². The first-order valence-electron chi connectivity index (χ1n) is 4.68. The number of nitrogens with zero attached hydrogens (tertiary/aromatic N) is 1. The molecule has 0 spiro atoms. The summed E-state index contributed by atoms with van der Waals surface area (Å²) >= 11 is 0. The molecule has 0 aliphatic heterocycles. The molecule has 14 heavy (non-hydrogen) atoms. The number of hydrogen-bond acceptors (Lipinski definition) is 4. The Bertz CT molecular complexity index is 113. The molecule has 0 heterocycles. The van der Waals surface area contributed by atoms with E-state index in [4.69, 9.17) is 15.3 Å². The van der Waals surface area contributed by atoms with E-state index in [1.165, 1.54) is 0 Å². The summed E-state index contributed by atoms with van der Waals surface area (Å²) in [5, 5.41) is 27.4. The van der Waals surface area contributed by atoms with E-state index < -0.39 is 18.3 Å². The van der Waals surface area contributed by atoms with Crippen LogP contribution in [-0.2, 0) is 0 Å². The third kappa shape index (κ3) is 11.6. The molecule has 3 atom stereocenters. The molecule has 0 aliphatic carbocycles. The third-order valence-electron chi connectivity index (χ3n) is 1.57. The van der Waals surface area contributed by atoms with Gasteiger partial charge in [-0.3, -0.25) is 4.90 Å². The summed E-state index contributed by atoms with van der Waals surface area (Å²) in [5.74, 6) is 0. The Hall–Kier alpha value is 1.48. The monoisotopic (exact) mass is 231 g/mol. The van der Waals surface area contributed by atoms with Crippen molar-refractivity contribution in [1.82, 2.24) is 4.90 Å². The van der Waals surface area contributed by atoms with Gasteiger partial charge in [-0.05, 0) is 20.8 Å². The van der Waals surface area contributed by atoms with Crippen molar-refractivity contribution < 1.29 is 68.1 Å². The number of aliphatic hydroxyl groups is 3. The normalized spacial score (nSPS) is 17.4. The van der Waals surface area contributed by atoms with Crippen molar-refractivity contribution in [3.8, 4) is 0 Å². The van der Waals surface area contributed by atoms with E-state index in [1.807, 2.05) is 4.90 Å². The van der Waals surface area contributed by atoms with E-state index in [-0.39, 0.29) is 52.8 Å². The van der Waals surface area contributed by atoms with Gasteiger partial charge in [-0.1, -0.05) is 0 Å². The second-order valence-corrected chi connectivity index (χ2v) is 3.77. The quantitative estimate of drug-likeness (QED) is 0.416. The average molecular weight is 231 g/mol. The van der Waals surface area contributed by atoms with Crippen molar-refractivity contribution >= 4 is 0 Å². The SMILES string of the molecule is CC(O)CN(CC(C)O)CC(C)O.[H-].[K+]. The van der Waals surface area contributed by atoms with Crippen LogP contribution < -0.4 is 51.4 Å². The molecule has 3 unspecified atom stereocenters. The Morgan fingerprint density at radius 3 is 1.21 bits per heavy atom. The van der Waals surface area contributed by atoms with Crippen LogP contribution in [0.4, 0.5) is 0 Å². The minimum atomic E-state index is -0.433. The minimum absolute atomic E-state index is 0. The summed E-state index contributed by atoms with van der Waals surface area (Å²) in [6.45, 7) is 6.52. The van der Waals surface area contributed by atoms with E-state index in [0.29, 0.717) is 19.6 Å². The largest absolute Gasteiger partial charge is 1.00 e. The third-order valence-corrected chi connectivity index (χ3v) is 1.57. The number of aliphatic hydroxyl groups excluding tert-OH is 3. The van der Waals surface area contributed by atoms with E-state index in [2.05, 4.69) is 0 Å². The standard InChI is InChI=1S/C9H21NO3.K.H/c1-7(11)4-10(5-8(2)12)6-9(3)13;;/h7-9,11-13H,4-6H2,1-3H3;;/q;+1;-1. The molecule has 0 fully saturated rings. The zero-order valence-corrected chi connectivity index (χ0v) is 12.8. The molecule has 0 amide bonds. The summed E-state index contributed by atoms with van der Waals surface area (Å²) in [7, 11) is 0. The van der Waals surface area contributed by atoms with Gasteiger partial charge in [-0.25, -0.2) is 0 Å². The summed E-state index contributed by atoms with van der Waals surface area (Å²) in [5.41, 5.74) is 0. The molecule has 0 rings (SSSR count). The molecular formula is C9H22KNO3. The minimum Gasteiger partial charge on any atom is -1.00 e. The van der Waals surface area contributed by atoms with E-state index >= 15 is 0 Å². The van der Waals surface area contributed by atoms with Gasteiger partial charge in [0.25, 0.3) is 0 Å². The first kappa shape index (κ1) is 17.9. The van der Waals surface area contributed by atoms with Gasteiger partial charge < -0.3 is 16.7 Å². The Morgan fingerprint density at radius 1 is 0.857 bits per heavy atom. The zero-order valence-electron chi connectivity index (χ0n) is 10.6. The second-order valence-electron chi connectivity index (χ2n) is 3.77. The molecule has 5 heteroatoms. The summed E-state index contributed by atoms with van der Waals surface area (Å²) in [6.07, 6.45) is -1.30. The Labute approximate surface area is 130 Å². The summed E-state index contributed by atoms with van der Waals surface area (Å²) in [6, 6.07) is 0. The predicted octanol–water partition coefficient (Wildman–Crippen LogP) is -3.45. The molecule has 0 aromatic rings. The van der Waals surface area contributed by atoms with Gasteiger partial charge >= 0.3 is 51.4 Å². The number of hydrogen-bond donors (Lipinski definition) is 3. The topological polar surface area (TPSA) is 63.9 Å². The van der Waals surface area contributed by atoms with Crippen LogP contribution in [0.3, 0.4) is 0 Å². The van der Waals surface area contributed by atoms with Crippen LogP contribution >= 0.6 is 0 Å². The van der Waals surface area contributed by atoms with Crippen molar-refractivity contribution in [1.29, 1.82) is 0 Å². The molecule has 0 aromatic carbocycles. The molecule has 0 saturated carbocycles. The average Bonchev–Trinajstić information content (AvgIpc) is 1.80. The molecule has 0 bridgehead atoms. The van der Waals surface area contributed by atoms with Crippen LogP contribution in [0.2, 0.25) is 0 Å². The van der Waals surface area contributed by atoms with Gasteiger partial charge in [0, 0.05) is 19.6 Å². The van der Waals surface area contributed by atoms with Crippen LogP contribution in [0.15, 0.2) is 0 Å². The maximum Gasteiger partial charge on any atom is 1.00 e. The predicted molar refractivity (Wildman–Crippen MR) is 52.6 cm³/mol. The molecule has 3 N–H and O–H groups in total. The maximum atomic E-state index is 9.14. The van der Waals surface area contributed by atoms with Gasteiger partial charge in [0.05, 0.1) is 18.3 Å². The van der Waals surface area contributed by atoms with Crippen LogP contribution in [-0.4, -0.2) is 58.2 Å².